The van der Waals surface area contributed by atoms with Crippen molar-refractivity contribution in [2.45, 2.75) is 25.4 Å². The highest BCUT2D eigenvalue weighted by atomic mass is 35.5. The third kappa shape index (κ3) is 7.52. The van der Waals surface area contributed by atoms with Gasteiger partial charge in [-0.15, -0.1) is 0 Å². The number of benzene rings is 1. The molecule has 0 bridgehead atoms. The van der Waals surface area contributed by atoms with Crippen LogP contribution in [-0.4, -0.2) is 66.1 Å². The molecule has 1 aliphatic rings. The molecule has 0 radical (unpaired) electrons. The van der Waals surface area contributed by atoms with Gasteiger partial charge in [-0.1, -0.05) is 29.3 Å². The molecule has 3 aromatic rings. The Morgan fingerprint density at radius 1 is 1.21 bits per heavy atom. The van der Waals surface area contributed by atoms with E-state index in [2.05, 4.69) is 19.1 Å². The van der Waals surface area contributed by atoms with Gasteiger partial charge in [-0.2, -0.15) is 13.2 Å². The Balaban J connectivity index is 0.000000532. The quantitative estimate of drug-likeness (QED) is 0.442. The van der Waals surface area contributed by atoms with Crippen LogP contribution in [0.25, 0.3) is 5.52 Å². The zero-order valence-electron chi connectivity index (χ0n) is 21.0. The number of aliphatic carboxylic acids is 1. The van der Waals surface area contributed by atoms with Crippen LogP contribution in [0, 0.1) is 11.7 Å². The second-order valence-electron chi connectivity index (χ2n) is 9.56. The molecule has 1 unspecified atom stereocenters. The highest BCUT2D eigenvalue weighted by molar-refractivity contribution is 6.42. The molecule has 8 nitrogen and oxygen atoms in total. The summed E-state index contributed by atoms with van der Waals surface area (Å²) in [6.07, 6.45) is -1.29. The van der Waals surface area contributed by atoms with Gasteiger partial charge >= 0.3 is 6.18 Å². The minimum Gasteiger partial charge on any atom is -0.542 e. The zero-order valence-corrected chi connectivity index (χ0v) is 22.5. The van der Waals surface area contributed by atoms with Gasteiger partial charge in [-0.05, 0) is 36.6 Å². The van der Waals surface area contributed by atoms with E-state index in [0.717, 1.165) is 24.9 Å². The number of hydrogen-bond donors (Lipinski definition) is 2. The van der Waals surface area contributed by atoms with Crippen LogP contribution in [0.1, 0.15) is 34.5 Å². The van der Waals surface area contributed by atoms with Crippen LogP contribution >= 0.6 is 23.2 Å². The van der Waals surface area contributed by atoms with Crippen molar-refractivity contribution >= 4 is 40.6 Å². The summed E-state index contributed by atoms with van der Waals surface area (Å²) in [5, 5.41) is 9.30. The number of likely N-dealkylation sites (tertiary alicyclic amines) is 1. The fourth-order valence-electron chi connectivity index (χ4n) is 4.54. The number of aromatic nitrogens is 2. The number of piperidine rings is 1. The van der Waals surface area contributed by atoms with Crippen LogP contribution in [-0.2, 0) is 11.2 Å². The van der Waals surface area contributed by atoms with Crippen LogP contribution in [0.15, 0.2) is 35.3 Å². The van der Waals surface area contributed by atoms with Crippen molar-refractivity contribution in [3.8, 4) is 0 Å². The highest BCUT2D eigenvalue weighted by Crippen LogP contribution is 2.27. The van der Waals surface area contributed by atoms with Gasteiger partial charge in [0.2, 0.25) is 0 Å². The topological polar surface area (TPSA) is 102 Å². The monoisotopic (exact) mass is 592 g/mol. The fourth-order valence-corrected chi connectivity index (χ4v) is 4.98. The SMILES string of the molecule is C[NH+](C)CC1CCCN(C(=O)c2cc(Cc3c[nH]c(=O)c4cc(Cl)c(Cl)n34)ccc2F)C1.O=C([O-])C(F)(F)F. The Hall–Kier alpha value is -3.09. The third-order valence-corrected chi connectivity index (χ3v) is 6.93. The molecule has 1 aromatic carbocycles. The predicted molar refractivity (Wildman–Crippen MR) is 135 cm³/mol. The Kier molecular flexibility index (Phi) is 9.68. The smallest absolute Gasteiger partial charge is 0.430 e. The summed E-state index contributed by atoms with van der Waals surface area (Å²) in [5.41, 5.74) is 1.50. The molecule has 1 amide bonds. The maximum atomic E-state index is 14.7. The zero-order chi connectivity index (χ0) is 29.1. The molecule has 2 aromatic heterocycles. The second-order valence-corrected chi connectivity index (χ2v) is 10.3. The molecule has 2 N–H and O–H groups in total. The number of quaternary nitrogens is 1. The summed E-state index contributed by atoms with van der Waals surface area (Å²) in [4.78, 5) is 39.8. The Morgan fingerprint density at radius 3 is 2.49 bits per heavy atom. The molecule has 1 saturated heterocycles. The van der Waals surface area contributed by atoms with Gasteiger partial charge in [-0.3, -0.25) is 14.0 Å². The number of carboxylic acids is 1. The minimum absolute atomic E-state index is 0.0673. The molecule has 1 atom stereocenters. The first-order chi connectivity index (χ1) is 18.2. The van der Waals surface area contributed by atoms with Crippen molar-refractivity contribution in [1.82, 2.24) is 14.3 Å². The molecule has 3 heterocycles. The van der Waals surface area contributed by atoms with E-state index in [-0.39, 0.29) is 27.2 Å². The summed E-state index contributed by atoms with van der Waals surface area (Å²) >= 11 is 12.4. The molecule has 4 rings (SSSR count). The van der Waals surface area contributed by atoms with Crippen molar-refractivity contribution in [3.05, 3.63) is 73.6 Å². The van der Waals surface area contributed by atoms with E-state index >= 15 is 0 Å². The number of alkyl halides is 3. The van der Waals surface area contributed by atoms with E-state index in [1.54, 1.807) is 27.6 Å². The summed E-state index contributed by atoms with van der Waals surface area (Å²) in [6, 6.07) is 6.06. The summed E-state index contributed by atoms with van der Waals surface area (Å²) in [6.45, 7) is 2.26. The van der Waals surface area contributed by atoms with Crippen LogP contribution in [0.3, 0.4) is 0 Å². The first-order valence-electron chi connectivity index (χ1n) is 11.9. The standard InChI is InChI=1S/C23H25Cl2FN4O2.C2HF3O2/c1-28(2)12-15-4-3-7-29(13-15)23(32)17-9-14(5-6-19(17)26)8-16-11-27-22(31)20-10-18(24)21(25)30(16)20;3-2(4,5)1(6)7/h5-6,9-11,15H,3-4,7-8,12-13H2,1-2H3,(H,27,31);(H,6,7). The van der Waals surface area contributed by atoms with Crippen LogP contribution in [0.5, 0.6) is 0 Å². The lowest BCUT2D eigenvalue weighted by molar-refractivity contribution is -0.862. The minimum atomic E-state index is -5.19. The number of fused-ring (bicyclic) bond motifs is 1. The van der Waals surface area contributed by atoms with Gasteiger partial charge in [0.25, 0.3) is 11.5 Å². The van der Waals surface area contributed by atoms with E-state index in [4.69, 9.17) is 33.1 Å². The van der Waals surface area contributed by atoms with Crippen LogP contribution in [0.2, 0.25) is 10.2 Å². The number of rotatable bonds is 5. The normalized spacial score (nSPS) is 15.8. The molecule has 1 aliphatic heterocycles. The number of carboxylic acid groups (broad SMARTS) is 1. The molecule has 0 saturated carbocycles. The first-order valence-corrected chi connectivity index (χ1v) is 12.7. The molecular formula is C25H26Cl2F4N4O4. The largest absolute Gasteiger partial charge is 0.542 e. The molecule has 0 spiro atoms. The van der Waals surface area contributed by atoms with Crippen molar-refractivity contribution in [2.24, 2.45) is 5.92 Å². The number of nitrogens with one attached hydrogen (secondary N) is 2. The summed E-state index contributed by atoms with van der Waals surface area (Å²) in [5.74, 6) is -3.41. The van der Waals surface area contributed by atoms with Gasteiger partial charge in [0.05, 0.1) is 31.2 Å². The van der Waals surface area contributed by atoms with E-state index in [1.807, 2.05) is 0 Å². The molecule has 14 heteroatoms. The van der Waals surface area contributed by atoms with E-state index in [9.17, 15) is 27.2 Å². The van der Waals surface area contributed by atoms with Crippen molar-refractivity contribution in [2.75, 3.05) is 33.7 Å². The average Bonchev–Trinajstić information content (AvgIpc) is 3.16. The maximum absolute atomic E-state index is 14.7. The number of carbonyl (C=O) groups excluding carboxylic acids is 2. The number of nitrogens with zero attached hydrogens (tertiary/aromatic N) is 2. The van der Waals surface area contributed by atoms with Crippen LogP contribution < -0.4 is 15.6 Å². The van der Waals surface area contributed by atoms with Gasteiger partial charge in [0.15, 0.2) is 0 Å². The molecule has 1 fully saturated rings. The summed E-state index contributed by atoms with van der Waals surface area (Å²) in [7, 11) is 4.20. The van der Waals surface area contributed by atoms with Crippen molar-refractivity contribution in [1.29, 1.82) is 0 Å². The van der Waals surface area contributed by atoms with Gasteiger partial charge in [0.1, 0.15) is 22.5 Å². The Morgan fingerprint density at radius 2 is 1.87 bits per heavy atom. The number of aromatic amines is 1. The number of amides is 1. The second kappa shape index (κ2) is 12.4. The Labute approximate surface area is 230 Å². The lowest BCUT2D eigenvalue weighted by Crippen LogP contribution is -3.06. The van der Waals surface area contributed by atoms with Crippen molar-refractivity contribution in [3.63, 3.8) is 0 Å². The van der Waals surface area contributed by atoms with Crippen LogP contribution in [0.4, 0.5) is 17.6 Å². The number of halogens is 6. The molecule has 39 heavy (non-hydrogen) atoms. The third-order valence-electron chi connectivity index (χ3n) is 6.17. The lowest BCUT2D eigenvalue weighted by atomic mass is 9.96. The number of hydrogen-bond acceptors (Lipinski definition) is 4. The first kappa shape index (κ1) is 30.5. The van der Waals surface area contributed by atoms with E-state index in [1.165, 1.54) is 17.0 Å². The maximum Gasteiger partial charge on any atom is 0.430 e. The van der Waals surface area contributed by atoms with Crippen molar-refractivity contribution < 1.29 is 37.2 Å². The van der Waals surface area contributed by atoms with Gasteiger partial charge in [-0.25, -0.2) is 4.39 Å². The van der Waals surface area contributed by atoms with E-state index < -0.39 is 18.0 Å². The molecular weight excluding hydrogens is 567 g/mol. The number of H-pyrrole nitrogens is 1. The average molecular weight is 593 g/mol. The molecule has 212 valence electrons. The highest BCUT2D eigenvalue weighted by Gasteiger charge is 2.29. The number of carbonyl (C=O) groups is 2. The van der Waals surface area contributed by atoms with Gasteiger partial charge in [0, 0.05) is 37.3 Å². The fraction of sp³-hybridized carbons (Fsp3) is 0.400. The van der Waals surface area contributed by atoms with E-state index in [0.29, 0.717) is 36.6 Å². The Bertz CT molecular complexity index is 1420. The predicted octanol–water partition coefficient (Wildman–Crippen LogP) is 1.96. The summed E-state index contributed by atoms with van der Waals surface area (Å²) < 4.78 is 47.8. The lowest BCUT2D eigenvalue weighted by Gasteiger charge is -2.33. The molecule has 0 aliphatic carbocycles. The van der Waals surface area contributed by atoms with Gasteiger partial charge < -0.3 is 24.7 Å².